The molecule has 0 amide bonds. The van der Waals surface area contributed by atoms with E-state index in [9.17, 15) is 0 Å². The number of fused-ring (bicyclic) bond motifs is 1. The lowest BCUT2D eigenvalue weighted by molar-refractivity contribution is 0.454. The van der Waals surface area contributed by atoms with Crippen molar-refractivity contribution in [2.24, 2.45) is 0 Å². The number of imidazole rings is 1. The molecule has 1 aliphatic rings. The first kappa shape index (κ1) is 22.2. The first-order valence-electron chi connectivity index (χ1n) is 11.2. The summed E-state index contributed by atoms with van der Waals surface area (Å²) >= 11 is 1.69. The SMILES string of the molecule is C=C/C=C(/c1cccs1)c1nc(-c2n[nH]c3ccc(C4CCNCC4)nc23)[nH]c1C.CC. The minimum absolute atomic E-state index is 0.494. The van der Waals surface area contributed by atoms with E-state index >= 15 is 0 Å². The van der Waals surface area contributed by atoms with Crippen molar-refractivity contribution in [3.8, 4) is 11.5 Å². The van der Waals surface area contributed by atoms with Crippen molar-refractivity contribution >= 4 is 27.9 Å². The van der Waals surface area contributed by atoms with E-state index in [1.165, 1.54) is 0 Å². The molecule has 6 nitrogen and oxygen atoms in total. The normalized spacial score (nSPS) is 14.9. The highest BCUT2D eigenvalue weighted by molar-refractivity contribution is 7.11. The summed E-state index contributed by atoms with van der Waals surface area (Å²) < 4.78 is 0. The second-order valence-corrected chi connectivity index (χ2v) is 8.53. The van der Waals surface area contributed by atoms with E-state index in [-0.39, 0.29) is 0 Å². The fraction of sp³-hybridized carbons (Fsp3) is 0.320. The predicted octanol–water partition coefficient (Wildman–Crippen LogP) is 5.83. The number of rotatable bonds is 5. The van der Waals surface area contributed by atoms with Crippen molar-refractivity contribution in [3.63, 3.8) is 0 Å². The Morgan fingerprint density at radius 3 is 2.69 bits per heavy atom. The Balaban J connectivity index is 0.00000119. The molecule has 1 aliphatic heterocycles. The van der Waals surface area contributed by atoms with E-state index in [1.807, 2.05) is 32.9 Å². The van der Waals surface area contributed by atoms with Crippen molar-refractivity contribution in [2.75, 3.05) is 13.1 Å². The number of H-pyrrole nitrogens is 2. The third kappa shape index (κ3) is 4.31. The van der Waals surface area contributed by atoms with Gasteiger partial charge in [-0.05, 0) is 56.4 Å². The molecule has 0 aromatic carbocycles. The molecule has 166 valence electrons. The molecule has 0 radical (unpaired) electrons. The number of nitrogens with one attached hydrogen (secondary N) is 3. The van der Waals surface area contributed by atoms with Crippen molar-refractivity contribution in [2.45, 2.75) is 39.5 Å². The molecule has 5 rings (SSSR count). The highest BCUT2D eigenvalue weighted by Gasteiger charge is 2.21. The first-order valence-corrected chi connectivity index (χ1v) is 12.1. The van der Waals surface area contributed by atoms with Gasteiger partial charge in [0, 0.05) is 27.8 Å². The lowest BCUT2D eigenvalue weighted by atomic mass is 9.94. The third-order valence-corrected chi connectivity index (χ3v) is 6.53. The van der Waals surface area contributed by atoms with Gasteiger partial charge in [-0.3, -0.25) is 5.10 Å². The van der Waals surface area contributed by atoms with Gasteiger partial charge in [-0.15, -0.1) is 11.3 Å². The molecule has 4 aromatic rings. The molecule has 0 bridgehead atoms. The Bertz CT molecular complexity index is 1210. The number of nitrogens with zero attached hydrogens (tertiary/aromatic N) is 3. The Morgan fingerprint density at radius 1 is 1.16 bits per heavy atom. The molecule has 3 N–H and O–H groups in total. The van der Waals surface area contributed by atoms with Gasteiger partial charge in [0.2, 0.25) is 0 Å². The summed E-state index contributed by atoms with van der Waals surface area (Å²) in [6, 6.07) is 8.36. The minimum atomic E-state index is 0.494. The highest BCUT2D eigenvalue weighted by Crippen LogP contribution is 2.32. The fourth-order valence-electron chi connectivity index (χ4n) is 4.09. The van der Waals surface area contributed by atoms with Gasteiger partial charge in [-0.2, -0.15) is 5.10 Å². The van der Waals surface area contributed by atoms with Crippen LogP contribution in [0.1, 0.15) is 54.6 Å². The second kappa shape index (κ2) is 10.1. The molecule has 7 heteroatoms. The lowest BCUT2D eigenvalue weighted by Crippen LogP contribution is -2.27. The molecular formula is C25H30N6S. The largest absolute Gasteiger partial charge is 0.340 e. The smallest absolute Gasteiger partial charge is 0.161 e. The molecule has 0 saturated carbocycles. The number of pyridine rings is 1. The number of aryl methyl sites for hydroxylation is 1. The maximum atomic E-state index is 4.99. The van der Waals surface area contributed by atoms with E-state index < -0.39 is 0 Å². The standard InChI is InChI=1S/C23H24N6S.C2H6/c1-3-5-16(19-6-4-13-30-19)20-14(2)25-23(27-20)22-21-18(28-29-22)8-7-17(26-21)15-9-11-24-12-10-15;1-2/h3-8,13,15,24H,1,9-12H2,2H3,(H,25,27)(H,28,29);1-2H3/b16-5-;. The zero-order chi connectivity index (χ0) is 22.5. The summed E-state index contributed by atoms with van der Waals surface area (Å²) in [5.74, 6) is 1.23. The molecular weight excluding hydrogens is 416 g/mol. The Hall–Kier alpha value is -3.03. The van der Waals surface area contributed by atoms with Crippen LogP contribution in [0.4, 0.5) is 0 Å². The monoisotopic (exact) mass is 446 g/mol. The van der Waals surface area contributed by atoms with Crippen molar-refractivity contribution < 1.29 is 0 Å². The molecule has 0 unspecified atom stereocenters. The summed E-state index contributed by atoms with van der Waals surface area (Å²) in [7, 11) is 0. The van der Waals surface area contributed by atoms with E-state index in [0.717, 1.165) is 76.0 Å². The van der Waals surface area contributed by atoms with Crippen LogP contribution in [-0.4, -0.2) is 38.2 Å². The van der Waals surface area contributed by atoms with E-state index in [0.29, 0.717) is 5.92 Å². The van der Waals surface area contributed by atoms with Gasteiger partial charge in [-0.25, -0.2) is 9.97 Å². The van der Waals surface area contributed by atoms with E-state index in [1.54, 1.807) is 17.4 Å². The number of hydrogen-bond donors (Lipinski definition) is 3. The minimum Gasteiger partial charge on any atom is -0.340 e. The molecule has 0 atom stereocenters. The van der Waals surface area contributed by atoms with Crippen LogP contribution in [0, 0.1) is 6.92 Å². The van der Waals surface area contributed by atoms with Gasteiger partial charge >= 0.3 is 0 Å². The quantitative estimate of drug-likeness (QED) is 0.337. The maximum Gasteiger partial charge on any atom is 0.161 e. The third-order valence-electron chi connectivity index (χ3n) is 5.62. The average Bonchev–Trinajstić information content (AvgIpc) is 3.59. The van der Waals surface area contributed by atoms with Crippen LogP contribution >= 0.6 is 11.3 Å². The summed E-state index contributed by atoms with van der Waals surface area (Å²) in [4.78, 5) is 14.5. The zero-order valence-corrected chi connectivity index (χ0v) is 19.7. The topological polar surface area (TPSA) is 82.3 Å². The highest BCUT2D eigenvalue weighted by atomic mass is 32.1. The summed E-state index contributed by atoms with van der Waals surface area (Å²) in [5.41, 5.74) is 6.67. The van der Waals surface area contributed by atoms with Gasteiger partial charge in [0.25, 0.3) is 0 Å². The van der Waals surface area contributed by atoms with Gasteiger partial charge in [0.1, 0.15) is 5.52 Å². The van der Waals surface area contributed by atoms with Crippen LogP contribution in [-0.2, 0) is 0 Å². The molecule has 1 fully saturated rings. The number of aromatic amines is 2. The molecule has 5 heterocycles. The number of hydrogen-bond acceptors (Lipinski definition) is 5. The molecule has 0 spiro atoms. The molecule has 32 heavy (non-hydrogen) atoms. The Labute approximate surface area is 192 Å². The Morgan fingerprint density at radius 2 is 1.97 bits per heavy atom. The summed E-state index contributed by atoms with van der Waals surface area (Å²) in [6.07, 6.45) is 6.05. The molecule has 0 aliphatic carbocycles. The van der Waals surface area contributed by atoms with Crippen molar-refractivity contribution in [1.82, 2.24) is 30.5 Å². The molecule has 4 aromatic heterocycles. The van der Waals surface area contributed by atoms with E-state index in [4.69, 9.17) is 9.97 Å². The van der Waals surface area contributed by atoms with Crippen molar-refractivity contribution in [1.29, 1.82) is 0 Å². The first-order chi connectivity index (χ1) is 15.7. The fourth-order valence-corrected chi connectivity index (χ4v) is 4.84. The predicted molar refractivity (Wildman–Crippen MR) is 134 cm³/mol. The van der Waals surface area contributed by atoms with Crippen LogP contribution in [0.3, 0.4) is 0 Å². The zero-order valence-electron chi connectivity index (χ0n) is 18.9. The van der Waals surface area contributed by atoms with Gasteiger partial charge in [-0.1, -0.05) is 38.6 Å². The van der Waals surface area contributed by atoms with Crippen LogP contribution in [0.25, 0.3) is 28.1 Å². The summed E-state index contributed by atoms with van der Waals surface area (Å²) in [5, 5.41) is 13.2. The van der Waals surface area contributed by atoms with Crippen LogP contribution < -0.4 is 5.32 Å². The number of aromatic nitrogens is 5. The van der Waals surface area contributed by atoms with E-state index in [2.05, 4.69) is 50.7 Å². The Kier molecular flexibility index (Phi) is 6.97. The summed E-state index contributed by atoms with van der Waals surface area (Å²) in [6.45, 7) is 12.0. The lowest BCUT2D eigenvalue weighted by Gasteiger charge is -2.22. The van der Waals surface area contributed by atoms with Crippen LogP contribution in [0.2, 0.25) is 0 Å². The van der Waals surface area contributed by atoms with Crippen molar-refractivity contribution in [3.05, 3.63) is 70.3 Å². The average molecular weight is 447 g/mol. The van der Waals surface area contributed by atoms with Gasteiger partial charge in [0.05, 0.1) is 11.2 Å². The second-order valence-electron chi connectivity index (χ2n) is 7.58. The number of allylic oxidation sites excluding steroid dienone is 2. The van der Waals surface area contributed by atoms with Gasteiger partial charge in [0.15, 0.2) is 11.5 Å². The molecule has 1 saturated heterocycles. The van der Waals surface area contributed by atoms with Crippen LogP contribution in [0.15, 0.2) is 48.4 Å². The van der Waals surface area contributed by atoms with Gasteiger partial charge < -0.3 is 10.3 Å². The number of thiophene rings is 1. The number of piperidine rings is 1. The maximum absolute atomic E-state index is 4.99. The van der Waals surface area contributed by atoms with Crippen LogP contribution in [0.5, 0.6) is 0 Å².